The number of nitrogen functional groups attached to an aromatic ring is 1. The fraction of sp³-hybridized carbons (Fsp3) is 0.417. The summed E-state index contributed by atoms with van der Waals surface area (Å²) >= 11 is 0. The summed E-state index contributed by atoms with van der Waals surface area (Å²) in [7, 11) is 0. The molecule has 0 spiro atoms. The molecule has 0 aliphatic carbocycles. The molecule has 1 saturated heterocycles. The molecule has 4 N–H and O–H groups in total. The monoisotopic (exact) mass is 219 g/mol. The van der Waals surface area contributed by atoms with Crippen molar-refractivity contribution in [3.8, 4) is 5.75 Å². The van der Waals surface area contributed by atoms with Crippen LogP contribution in [0.1, 0.15) is 18.4 Å². The molecule has 1 aromatic carbocycles. The highest BCUT2D eigenvalue weighted by molar-refractivity contribution is 5.85. The molecule has 1 fully saturated rings. The third-order valence-electron chi connectivity index (χ3n) is 2.80. The summed E-state index contributed by atoms with van der Waals surface area (Å²) in [6, 6.07) is 5.49. The van der Waals surface area contributed by atoms with Crippen LogP contribution in [0.25, 0.3) is 0 Å². The van der Waals surface area contributed by atoms with Crippen molar-refractivity contribution in [2.24, 2.45) is 0 Å². The minimum atomic E-state index is 0.284. The maximum Gasteiger partial charge on any atom is 0.121 e. The lowest BCUT2D eigenvalue weighted by atomic mass is 10.1. The summed E-state index contributed by atoms with van der Waals surface area (Å²) in [5.74, 6) is 0.801. The van der Waals surface area contributed by atoms with E-state index in [0.717, 1.165) is 37.2 Å². The molecule has 4 heteroatoms. The first-order valence-electron chi connectivity index (χ1n) is 5.57. The predicted molar refractivity (Wildman–Crippen MR) is 65.3 cm³/mol. The van der Waals surface area contributed by atoms with Gasteiger partial charge < -0.3 is 21.2 Å². The van der Waals surface area contributed by atoms with Crippen molar-refractivity contribution in [1.29, 1.82) is 5.41 Å². The molecule has 1 aromatic rings. The SMILES string of the molecule is N=Cc1ccc(OC2CCNCC2)cc1N. The summed E-state index contributed by atoms with van der Waals surface area (Å²) in [5.41, 5.74) is 7.13. The average Bonchev–Trinajstić information content (AvgIpc) is 2.31. The average molecular weight is 219 g/mol. The van der Waals surface area contributed by atoms with Crippen molar-refractivity contribution in [3.05, 3.63) is 23.8 Å². The van der Waals surface area contributed by atoms with Crippen LogP contribution < -0.4 is 15.8 Å². The van der Waals surface area contributed by atoms with E-state index in [0.29, 0.717) is 5.69 Å². The minimum Gasteiger partial charge on any atom is -0.490 e. The molecule has 0 saturated carbocycles. The molecule has 0 bridgehead atoms. The maximum absolute atomic E-state index is 7.15. The van der Waals surface area contributed by atoms with Crippen LogP contribution in [0.3, 0.4) is 0 Å². The van der Waals surface area contributed by atoms with Crippen molar-refractivity contribution in [2.75, 3.05) is 18.8 Å². The molecule has 0 atom stereocenters. The van der Waals surface area contributed by atoms with E-state index in [2.05, 4.69) is 5.32 Å². The largest absolute Gasteiger partial charge is 0.490 e. The molecule has 1 aliphatic rings. The summed E-state index contributed by atoms with van der Waals surface area (Å²) < 4.78 is 5.84. The van der Waals surface area contributed by atoms with E-state index in [4.69, 9.17) is 15.9 Å². The van der Waals surface area contributed by atoms with Crippen molar-refractivity contribution in [2.45, 2.75) is 18.9 Å². The molecule has 4 nitrogen and oxygen atoms in total. The zero-order valence-corrected chi connectivity index (χ0v) is 9.20. The highest BCUT2D eigenvalue weighted by Gasteiger charge is 2.14. The zero-order chi connectivity index (χ0) is 11.4. The minimum absolute atomic E-state index is 0.284. The molecule has 0 amide bonds. The molecule has 86 valence electrons. The third-order valence-corrected chi connectivity index (χ3v) is 2.80. The lowest BCUT2D eigenvalue weighted by Crippen LogP contribution is -2.34. The van der Waals surface area contributed by atoms with Crippen molar-refractivity contribution < 1.29 is 4.74 Å². The van der Waals surface area contributed by atoms with Gasteiger partial charge in [-0.3, -0.25) is 0 Å². The second-order valence-electron chi connectivity index (χ2n) is 4.00. The quantitative estimate of drug-likeness (QED) is 0.531. The maximum atomic E-state index is 7.15. The standard InChI is InChI=1S/C12H17N3O/c13-8-9-1-2-11(7-12(9)14)16-10-3-5-15-6-4-10/h1-2,7-8,10,13,15H,3-6,14H2. The summed E-state index contributed by atoms with van der Waals surface area (Å²) in [6.45, 7) is 2.03. The predicted octanol–water partition coefficient (Wildman–Crippen LogP) is 1.40. The van der Waals surface area contributed by atoms with Crippen LogP contribution in [0.15, 0.2) is 18.2 Å². The van der Waals surface area contributed by atoms with Gasteiger partial charge in [0.15, 0.2) is 0 Å². The van der Waals surface area contributed by atoms with Crippen molar-refractivity contribution in [3.63, 3.8) is 0 Å². The zero-order valence-electron chi connectivity index (χ0n) is 9.20. The van der Waals surface area contributed by atoms with Crippen LogP contribution in [0.4, 0.5) is 5.69 Å². The Labute approximate surface area is 95.3 Å². The fourth-order valence-electron chi connectivity index (χ4n) is 1.86. The molecule has 16 heavy (non-hydrogen) atoms. The number of benzene rings is 1. The van der Waals surface area contributed by atoms with E-state index in [1.165, 1.54) is 6.21 Å². The van der Waals surface area contributed by atoms with Gasteiger partial charge in [-0.2, -0.15) is 0 Å². The van der Waals surface area contributed by atoms with Crippen molar-refractivity contribution >= 4 is 11.9 Å². The topological polar surface area (TPSA) is 71.1 Å². The number of ether oxygens (including phenoxy) is 1. The molecule has 0 radical (unpaired) electrons. The van der Waals surface area contributed by atoms with Gasteiger partial charge in [-0.15, -0.1) is 0 Å². The Morgan fingerprint density at radius 1 is 1.38 bits per heavy atom. The van der Waals surface area contributed by atoms with E-state index in [-0.39, 0.29) is 6.10 Å². The number of nitrogens with two attached hydrogens (primary N) is 1. The van der Waals surface area contributed by atoms with Gasteiger partial charge in [0, 0.05) is 23.5 Å². The Morgan fingerprint density at radius 2 is 2.12 bits per heavy atom. The Morgan fingerprint density at radius 3 is 2.75 bits per heavy atom. The van der Waals surface area contributed by atoms with Gasteiger partial charge in [0.25, 0.3) is 0 Å². The number of anilines is 1. The highest BCUT2D eigenvalue weighted by Crippen LogP contribution is 2.21. The molecular weight excluding hydrogens is 202 g/mol. The third kappa shape index (κ3) is 2.52. The molecule has 1 heterocycles. The lowest BCUT2D eigenvalue weighted by Gasteiger charge is -2.24. The number of rotatable bonds is 3. The van der Waals surface area contributed by atoms with E-state index >= 15 is 0 Å². The van der Waals surface area contributed by atoms with E-state index in [9.17, 15) is 0 Å². The van der Waals surface area contributed by atoms with Gasteiger partial charge >= 0.3 is 0 Å². The van der Waals surface area contributed by atoms with Crippen LogP contribution >= 0.6 is 0 Å². The highest BCUT2D eigenvalue weighted by atomic mass is 16.5. The van der Waals surface area contributed by atoms with E-state index in [1.54, 1.807) is 6.07 Å². The summed E-state index contributed by atoms with van der Waals surface area (Å²) in [5, 5.41) is 10.4. The Hall–Kier alpha value is -1.55. The van der Waals surface area contributed by atoms with Crippen molar-refractivity contribution in [1.82, 2.24) is 5.32 Å². The molecule has 1 aliphatic heterocycles. The van der Waals surface area contributed by atoms with Crippen LogP contribution in [0.5, 0.6) is 5.75 Å². The van der Waals surface area contributed by atoms with Gasteiger partial charge in [-0.1, -0.05) is 0 Å². The van der Waals surface area contributed by atoms with E-state index < -0.39 is 0 Å². The number of piperidine rings is 1. The summed E-state index contributed by atoms with van der Waals surface area (Å²) in [6.07, 6.45) is 3.61. The van der Waals surface area contributed by atoms with Crippen LogP contribution in [0, 0.1) is 5.41 Å². The second-order valence-corrected chi connectivity index (χ2v) is 4.00. The summed E-state index contributed by atoms with van der Waals surface area (Å²) in [4.78, 5) is 0. The molecule has 0 unspecified atom stereocenters. The first kappa shape index (κ1) is 11.0. The molecular formula is C12H17N3O. The van der Waals surface area contributed by atoms with Crippen LogP contribution in [-0.2, 0) is 0 Å². The van der Waals surface area contributed by atoms with Gasteiger partial charge in [0.2, 0.25) is 0 Å². The first-order chi connectivity index (χ1) is 7.79. The molecule has 2 rings (SSSR count). The Kier molecular flexibility index (Phi) is 3.41. The fourth-order valence-corrected chi connectivity index (χ4v) is 1.86. The number of hydrogen-bond donors (Lipinski definition) is 3. The van der Waals surface area contributed by atoms with Gasteiger partial charge in [0.1, 0.15) is 11.9 Å². The number of nitrogens with one attached hydrogen (secondary N) is 2. The van der Waals surface area contributed by atoms with Crippen LogP contribution in [0.2, 0.25) is 0 Å². The smallest absolute Gasteiger partial charge is 0.121 e. The normalized spacial score (nSPS) is 17.0. The first-order valence-corrected chi connectivity index (χ1v) is 5.57. The van der Waals surface area contributed by atoms with Gasteiger partial charge in [0.05, 0.1) is 0 Å². The molecule has 0 aromatic heterocycles. The second kappa shape index (κ2) is 4.99. The van der Waals surface area contributed by atoms with Crippen LogP contribution in [-0.4, -0.2) is 25.4 Å². The Balaban J connectivity index is 2.03. The van der Waals surface area contributed by atoms with E-state index in [1.807, 2.05) is 12.1 Å². The van der Waals surface area contributed by atoms with Gasteiger partial charge in [-0.25, -0.2) is 0 Å². The van der Waals surface area contributed by atoms with Gasteiger partial charge in [-0.05, 0) is 38.1 Å². The number of hydrogen-bond acceptors (Lipinski definition) is 4. The lowest BCUT2D eigenvalue weighted by molar-refractivity contribution is 0.162. The Bertz CT molecular complexity index is 373.